The lowest BCUT2D eigenvalue weighted by Crippen LogP contribution is -2.25. The molecule has 0 saturated heterocycles. The van der Waals surface area contributed by atoms with Crippen LogP contribution in [0, 0.1) is 0 Å². The third kappa shape index (κ3) is 0.656. The average molecular weight is 164 g/mol. The highest BCUT2D eigenvalue weighted by atomic mass is 16.6. The summed E-state index contributed by atoms with van der Waals surface area (Å²) >= 11 is 0. The molecule has 0 aromatic rings. The summed E-state index contributed by atoms with van der Waals surface area (Å²) in [6.45, 7) is 2.09. The molecule has 3 heterocycles. The van der Waals surface area contributed by atoms with Gasteiger partial charge in [-0.3, -0.25) is 0 Å². The first kappa shape index (κ1) is 6.17. The van der Waals surface area contributed by atoms with E-state index in [-0.39, 0.29) is 0 Å². The van der Waals surface area contributed by atoms with Crippen LogP contribution in [-0.2, 0) is 14.2 Å². The monoisotopic (exact) mass is 164 g/mol. The van der Waals surface area contributed by atoms with E-state index in [2.05, 4.69) is 6.08 Å². The van der Waals surface area contributed by atoms with E-state index >= 15 is 0 Å². The van der Waals surface area contributed by atoms with Crippen LogP contribution in [0.1, 0.15) is 0 Å². The molecule has 0 amide bonds. The Bertz CT molecular complexity index is 291. The first-order valence-electron chi connectivity index (χ1n) is 3.98. The Morgan fingerprint density at radius 2 is 1.58 bits per heavy atom. The molecule has 12 heavy (non-hydrogen) atoms. The molecule has 3 aliphatic heterocycles. The first-order valence-corrected chi connectivity index (χ1v) is 3.98. The molecule has 0 atom stereocenters. The third-order valence-electron chi connectivity index (χ3n) is 2.17. The molecule has 0 aromatic heterocycles. The fraction of sp³-hybridized carbons (Fsp3) is 0.333. The Morgan fingerprint density at radius 1 is 0.917 bits per heavy atom. The predicted molar refractivity (Wildman–Crippen MR) is 41.0 cm³/mol. The van der Waals surface area contributed by atoms with E-state index in [0.29, 0.717) is 13.2 Å². The van der Waals surface area contributed by atoms with E-state index < -0.39 is 0 Å². The highest BCUT2D eigenvalue weighted by Crippen LogP contribution is 2.36. The Hall–Kier alpha value is -1.38. The normalized spacial score (nSPS) is 24.7. The fourth-order valence-electron chi connectivity index (χ4n) is 1.32. The molecule has 0 fully saturated rings. The van der Waals surface area contributed by atoms with Crippen LogP contribution in [0.25, 0.3) is 0 Å². The lowest BCUT2D eigenvalue weighted by Gasteiger charge is -2.32. The minimum atomic E-state index is 0.655. The number of hydrogen-bond acceptors (Lipinski definition) is 3. The molecule has 0 saturated carbocycles. The molecular weight excluding hydrogens is 156 g/mol. The van der Waals surface area contributed by atoms with Crippen LogP contribution >= 0.6 is 0 Å². The molecule has 62 valence electrons. The minimum Gasteiger partial charge on any atom is -0.489 e. The van der Waals surface area contributed by atoms with Crippen LogP contribution in [0.4, 0.5) is 0 Å². The zero-order valence-corrected chi connectivity index (χ0v) is 6.50. The summed E-state index contributed by atoms with van der Waals surface area (Å²) in [4.78, 5) is 0. The summed E-state index contributed by atoms with van der Waals surface area (Å²) < 4.78 is 15.7. The molecule has 0 bridgehead atoms. The van der Waals surface area contributed by atoms with Crippen molar-refractivity contribution in [3.8, 4) is 0 Å². The van der Waals surface area contributed by atoms with Crippen molar-refractivity contribution in [2.75, 3.05) is 19.8 Å². The van der Waals surface area contributed by atoms with E-state index in [1.807, 2.05) is 6.08 Å². The van der Waals surface area contributed by atoms with Crippen LogP contribution in [0.15, 0.2) is 35.0 Å². The lowest BCUT2D eigenvalue weighted by molar-refractivity contribution is 0.0991. The van der Waals surface area contributed by atoms with Crippen LogP contribution in [0.2, 0.25) is 0 Å². The van der Waals surface area contributed by atoms with E-state index in [0.717, 1.165) is 29.5 Å². The molecule has 0 unspecified atom stereocenters. The molecule has 3 nitrogen and oxygen atoms in total. The third-order valence-corrected chi connectivity index (χ3v) is 2.17. The van der Waals surface area contributed by atoms with Crippen molar-refractivity contribution in [1.82, 2.24) is 0 Å². The molecule has 0 aromatic carbocycles. The van der Waals surface area contributed by atoms with Gasteiger partial charge in [0.15, 0.2) is 11.5 Å². The second-order valence-corrected chi connectivity index (χ2v) is 2.86. The second-order valence-electron chi connectivity index (χ2n) is 2.86. The smallest absolute Gasteiger partial charge is 0.171 e. The van der Waals surface area contributed by atoms with Gasteiger partial charge in [0, 0.05) is 0 Å². The van der Waals surface area contributed by atoms with Gasteiger partial charge < -0.3 is 14.2 Å². The molecular formula is C9H8O3. The lowest BCUT2D eigenvalue weighted by atomic mass is 10.1. The zero-order valence-electron chi connectivity index (χ0n) is 6.50. The van der Waals surface area contributed by atoms with Crippen LogP contribution in [0.3, 0.4) is 0 Å². The van der Waals surface area contributed by atoms with E-state index in [4.69, 9.17) is 14.2 Å². The van der Waals surface area contributed by atoms with Crippen molar-refractivity contribution < 1.29 is 14.2 Å². The van der Waals surface area contributed by atoms with E-state index in [1.165, 1.54) is 0 Å². The number of rotatable bonds is 2. The Kier molecular flexibility index (Phi) is 1.06. The summed E-state index contributed by atoms with van der Waals surface area (Å²) in [5, 5.41) is 0. The molecule has 3 aliphatic rings. The standard InChI is InChI=1S/C9H8O3/c1-3-10-7(1)6-5-12-9(6)8-2-4-11-8/h1-2H,3-5H2. The van der Waals surface area contributed by atoms with Gasteiger partial charge in [-0.15, -0.1) is 0 Å². The predicted octanol–water partition coefficient (Wildman–Crippen LogP) is 1.10. The second kappa shape index (κ2) is 2.06. The molecule has 0 aliphatic carbocycles. The molecule has 0 N–H and O–H groups in total. The maximum atomic E-state index is 5.27. The van der Waals surface area contributed by atoms with Crippen molar-refractivity contribution in [2.45, 2.75) is 0 Å². The van der Waals surface area contributed by atoms with E-state index in [1.54, 1.807) is 0 Å². The van der Waals surface area contributed by atoms with Gasteiger partial charge in [-0.2, -0.15) is 0 Å². The van der Waals surface area contributed by atoms with Gasteiger partial charge >= 0.3 is 0 Å². The summed E-state index contributed by atoms with van der Waals surface area (Å²) in [7, 11) is 0. The van der Waals surface area contributed by atoms with Gasteiger partial charge in [-0.05, 0) is 12.2 Å². The van der Waals surface area contributed by atoms with E-state index in [9.17, 15) is 0 Å². The van der Waals surface area contributed by atoms with Gasteiger partial charge in [0.25, 0.3) is 0 Å². The van der Waals surface area contributed by atoms with Crippen molar-refractivity contribution in [3.63, 3.8) is 0 Å². The summed E-state index contributed by atoms with van der Waals surface area (Å²) in [5.41, 5.74) is 1.15. The summed E-state index contributed by atoms with van der Waals surface area (Å²) in [6.07, 6.45) is 4.06. The zero-order chi connectivity index (χ0) is 7.97. The molecule has 3 heteroatoms. The quantitative estimate of drug-likeness (QED) is 0.611. The van der Waals surface area contributed by atoms with Gasteiger partial charge in [0.2, 0.25) is 0 Å². The van der Waals surface area contributed by atoms with Gasteiger partial charge in [-0.25, -0.2) is 0 Å². The van der Waals surface area contributed by atoms with Crippen LogP contribution in [-0.4, -0.2) is 19.8 Å². The molecule has 3 rings (SSSR count). The van der Waals surface area contributed by atoms with Crippen molar-refractivity contribution in [3.05, 3.63) is 35.0 Å². The summed E-state index contributed by atoms with van der Waals surface area (Å²) in [6, 6.07) is 0. The topological polar surface area (TPSA) is 27.7 Å². The van der Waals surface area contributed by atoms with Gasteiger partial charge in [0.05, 0.1) is 5.57 Å². The van der Waals surface area contributed by atoms with Crippen LogP contribution < -0.4 is 0 Å². The first-order chi connectivity index (χ1) is 5.95. The SMILES string of the molecule is C1=C(C2=C(C3=CCO3)OC2)OC1. The molecule has 0 radical (unpaired) electrons. The van der Waals surface area contributed by atoms with Gasteiger partial charge in [0.1, 0.15) is 25.6 Å². The average Bonchev–Trinajstić information content (AvgIpc) is 1.84. The van der Waals surface area contributed by atoms with Gasteiger partial charge in [-0.1, -0.05) is 0 Å². The fourth-order valence-corrected chi connectivity index (χ4v) is 1.32. The van der Waals surface area contributed by atoms with Crippen molar-refractivity contribution in [2.24, 2.45) is 0 Å². The maximum absolute atomic E-state index is 5.27. The summed E-state index contributed by atoms with van der Waals surface area (Å²) in [5.74, 6) is 2.70. The maximum Gasteiger partial charge on any atom is 0.171 e. The molecule has 0 spiro atoms. The largest absolute Gasteiger partial charge is 0.489 e. The van der Waals surface area contributed by atoms with Crippen molar-refractivity contribution >= 4 is 0 Å². The highest BCUT2D eigenvalue weighted by molar-refractivity contribution is 5.45. The minimum absolute atomic E-state index is 0.655. The Balaban J connectivity index is 1.93. The highest BCUT2D eigenvalue weighted by Gasteiger charge is 2.31. The Labute approximate surface area is 69.9 Å². The Morgan fingerprint density at radius 3 is 1.92 bits per heavy atom. The van der Waals surface area contributed by atoms with Crippen LogP contribution in [0.5, 0.6) is 0 Å². The van der Waals surface area contributed by atoms with Crippen molar-refractivity contribution in [1.29, 1.82) is 0 Å². The number of hydrogen-bond donors (Lipinski definition) is 0. The number of ether oxygens (including phenoxy) is 3.